The smallest absolute Gasteiger partial charge is 0.241 e. The van der Waals surface area contributed by atoms with Crippen LogP contribution < -0.4 is 5.32 Å². The normalized spacial score (nSPS) is 17.6. The Hall–Kier alpha value is -2.65. The molecule has 0 radical (unpaired) electrons. The Kier molecular flexibility index (Phi) is 5.45. The van der Waals surface area contributed by atoms with Gasteiger partial charge in [0.05, 0.1) is 12.6 Å². The third-order valence-corrected chi connectivity index (χ3v) is 5.86. The first-order chi connectivity index (χ1) is 13.6. The Morgan fingerprint density at radius 2 is 2.18 bits per heavy atom. The fraction of sp³-hybridized carbons (Fsp3) is 0.421. The van der Waals surface area contributed by atoms with Gasteiger partial charge in [0.25, 0.3) is 0 Å². The second-order valence-electron chi connectivity index (χ2n) is 7.04. The van der Waals surface area contributed by atoms with Gasteiger partial charge in [-0.05, 0) is 38.4 Å². The lowest BCUT2D eigenvalue weighted by molar-refractivity contribution is -0.122. The van der Waals surface area contributed by atoms with Crippen molar-refractivity contribution < 1.29 is 4.79 Å². The maximum absolute atomic E-state index is 13.0. The number of hydrogen-bond acceptors (Lipinski definition) is 7. The summed E-state index contributed by atoms with van der Waals surface area (Å²) < 4.78 is 1.90. The molecule has 1 amide bonds. The van der Waals surface area contributed by atoms with Crippen molar-refractivity contribution in [3.05, 3.63) is 41.4 Å². The Morgan fingerprint density at radius 3 is 2.93 bits per heavy atom. The zero-order chi connectivity index (χ0) is 19.5. The molecule has 3 aromatic rings. The lowest BCUT2D eigenvalue weighted by Crippen LogP contribution is -2.46. The van der Waals surface area contributed by atoms with Gasteiger partial charge >= 0.3 is 0 Å². The largest absolute Gasteiger partial charge is 0.325 e. The zero-order valence-corrected chi connectivity index (χ0v) is 16.8. The van der Waals surface area contributed by atoms with Crippen LogP contribution in [-0.2, 0) is 18.4 Å². The van der Waals surface area contributed by atoms with E-state index in [0.717, 1.165) is 52.9 Å². The van der Waals surface area contributed by atoms with Crippen molar-refractivity contribution in [2.75, 3.05) is 11.9 Å². The highest BCUT2D eigenvalue weighted by Crippen LogP contribution is 2.26. The first kappa shape index (κ1) is 18.7. The number of aromatic nitrogens is 5. The van der Waals surface area contributed by atoms with Gasteiger partial charge in [0, 0.05) is 18.3 Å². The number of aryl methyl sites for hydroxylation is 2. The van der Waals surface area contributed by atoms with E-state index in [4.69, 9.17) is 0 Å². The molecule has 0 spiro atoms. The van der Waals surface area contributed by atoms with Gasteiger partial charge in [-0.1, -0.05) is 29.9 Å². The summed E-state index contributed by atoms with van der Waals surface area (Å²) in [4.78, 5) is 15.2. The minimum absolute atomic E-state index is 0.0208. The van der Waals surface area contributed by atoms with Gasteiger partial charge in [-0.15, -0.1) is 20.4 Å². The van der Waals surface area contributed by atoms with Crippen LogP contribution >= 0.6 is 11.3 Å². The van der Waals surface area contributed by atoms with E-state index in [9.17, 15) is 4.79 Å². The molecular weight excluding hydrogens is 374 g/mol. The number of benzene rings is 1. The molecule has 1 atom stereocenters. The molecular formula is C19H23N7OS. The number of hydrogen-bond donors (Lipinski definition) is 1. The van der Waals surface area contributed by atoms with Crippen molar-refractivity contribution in [1.82, 2.24) is 29.9 Å². The average Bonchev–Trinajstić information content (AvgIpc) is 3.31. The Bertz CT molecular complexity index is 967. The van der Waals surface area contributed by atoms with Crippen molar-refractivity contribution in [1.29, 1.82) is 0 Å². The van der Waals surface area contributed by atoms with Crippen LogP contribution in [0.2, 0.25) is 0 Å². The molecule has 9 heteroatoms. The maximum atomic E-state index is 13.0. The van der Waals surface area contributed by atoms with E-state index in [-0.39, 0.29) is 11.9 Å². The quantitative estimate of drug-likeness (QED) is 0.712. The van der Waals surface area contributed by atoms with Crippen molar-refractivity contribution in [2.24, 2.45) is 7.05 Å². The highest BCUT2D eigenvalue weighted by atomic mass is 32.1. The molecule has 1 aliphatic heterocycles. The van der Waals surface area contributed by atoms with Crippen molar-refractivity contribution in [3.63, 3.8) is 0 Å². The van der Waals surface area contributed by atoms with Crippen LogP contribution in [0.1, 0.15) is 30.1 Å². The standard InChI is InChI=1S/C19H23N7OS/c1-13-22-24-19(28-13)14-6-5-7-15(10-14)21-18(27)16-8-3-4-9-26(16)11-17-23-20-12-25(17)2/h5-7,10,12,16H,3-4,8-9,11H2,1-2H3,(H,21,27)/t16-/m1/s1. The summed E-state index contributed by atoms with van der Waals surface area (Å²) in [5.74, 6) is 0.890. The average molecular weight is 398 g/mol. The molecule has 28 heavy (non-hydrogen) atoms. The molecule has 1 aliphatic rings. The van der Waals surface area contributed by atoms with Crippen LogP contribution in [0.15, 0.2) is 30.6 Å². The minimum atomic E-state index is -0.169. The van der Waals surface area contributed by atoms with Gasteiger partial charge in [-0.25, -0.2) is 0 Å². The molecule has 1 saturated heterocycles. The van der Waals surface area contributed by atoms with E-state index in [2.05, 4.69) is 30.6 Å². The number of piperidine rings is 1. The van der Waals surface area contributed by atoms with Crippen LogP contribution in [0.4, 0.5) is 5.69 Å². The van der Waals surface area contributed by atoms with Gasteiger partial charge < -0.3 is 9.88 Å². The molecule has 0 unspecified atom stereocenters. The monoisotopic (exact) mass is 397 g/mol. The van der Waals surface area contributed by atoms with Crippen molar-refractivity contribution >= 4 is 22.9 Å². The third kappa shape index (κ3) is 4.10. The second kappa shape index (κ2) is 8.15. The number of carbonyl (C=O) groups is 1. The molecule has 1 aromatic carbocycles. The van der Waals surface area contributed by atoms with E-state index in [0.29, 0.717) is 6.54 Å². The fourth-order valence-corrected chi connectivity index (χ4v) is 4.17. The number of carbonyl (C=O) groups excluding carboxylic acids is 1. The van der Waals surface area contributed by atoms with Gasteiger partial charge in [0.2, 0.25) is 5.91 Å². The molecule has 146 valence electrons. The van der Waals surface area contributed by atoms with Crippen molar-refractivity contribution in [3.8, 4) is 10.6 Å². The fourth-order valence-electron chi connectivity index (χ4n) is 3.48. The highest BCUT2D eigenvalue weighted by molar-refractivity contribution is 7.14. The molecule has 8 nitrogen and oxygen atoms in total. The summed E-state index contributed by atoms with van der Waals surface area (Å²) in [6.07, 6.45) is 4.68. The topological polar surface area (TPSA) is 88.8 Å². The number of nitrogens with zero attached hydrogens (tertiary/aromatic N) is 6. The summed E-state index contributed by atoms with van der Waals surface area (Å²) in [5, 5.41) is 21.2. The van der Waals surface area contributed by atoms with Gasteiger partial charge in [-0.3, -0.25) is 9.69 Å². The number of nitrogens with one attached hydrogen (secondary N) is 1. The first-order valence-corrected chi connectivity index (χ1v) is 10.2. The summed E-state index contributed by atoms with van der Waals surface area (Å²) in [6.45, 7) is 3.44. The molecule has 1 N–H and O–H groups in total. The summed E-state index contributed by atoms with van der Waals surface area (Å²) in [7, 11) is 1.93. The summed E-state index contributed by atoms with van der Waals surface area (Å²) in [5.41, 5.74) is 1.74. The third-order valence-electron chi connectivity index (χ3n) is 4.97. The Morgan fingerprint density at radius 1 is 1.29 bits per heavy atom. The van der Waals surface area contributed by atoms with E-state index >= 15 is 0 Å². The van der Waals surface area contributed by atoms with Crippen LogP contribution in [0.3, 0.4) is 0 Å². The molecule has 2 aromatic heterocycles. The molecule has 3 heterocycles. The zero-order valence-electron chi connectivity index (χ0n) is 16.0. The predicted molar refractivity (Wildman–Crippen MR) is 108 cm³/mol. The molecule has 0 saturated carbocycles. The molecule has 0 aliphatic carbocycles. The van der Waals surface area contributed by atoms with Crippen LogP contribution in [0, 0.1) is 6.92 Å². The Balaban J connectivity index is 1.48. The predicted octanol–water partition coefficient (Wildman–Crippen LogP) is 2.64. The molecule has 0 bridgehead atoms. The van der Waals surface area contributed by atoms with E-state index in [1.165, 1.54) is 0 Å². The summed E-state index contributed by atoms with van der Waals surface area (Å²) in [6, 6.07) is 7.60. The minimum Gasteiger partial charge on any atom is -0.325 e. The lowest BCUT2D eigenvalue weighted by Gasteiger charge is -2.34. The SMILES string of the molecule is Cc1nnc(-c2cccc(NC(=O)[C@H]3CCCCN3Cc3nncn3C)c2)s1. The highest BCUT2D eigenvalue weighted by Gasteiger charge is 2.29. The van der Waals surface area contributed by atoms with E-state index in [1.807, 2.05) is 42.8 Å². The lowest BCUT2D eigenvalue weighted by atomic mass is 10.0. The molecule has 1 fully saturated rings. The first-order valence-electron chi connectivity index (χ1n) is 9.38. The van der Waals surface area contributed by atoms with E-state index < -0.39 is 0 Å². The number of amides is 1. The van der Waals surface area contributed by atoms with Crippen LogP contribution in [0.5, 0.6) is 0 Å². The van der Waals surface area contributed by atoms with Gasteiger partial charge in [0.1, 0.15) is 22.2 Å². The second-order valence-corrected chi connectivity index (χ2v) is 8.22. The number of anilines is 1. The number of likely N-dealkylation sites (tertiary alicyclic amines) is 1. The van der Waals surface area contributed by atoms with Crippen LogP contribution in [0.25, 0.3) is 10.6 Å². The van der Waals surface area contributed by atoms with Crippen molar-refractivity contribution in [2.45, 2.75) is 38.8 Å². The number of rotatable bonds is 5. The van der Waals surface area contributed by atoms with Gasteiger partial charge in [-0.2, -0.15) is 0 Å². The van der Waals surface area contributed by atoms with Crippen LogP contribution in [-0.4, -0.2) is 48.4 Å². The van der Waals surface area contributed by atoms with Gasteiger partial charge in [0.15, 0.2) is 0 Å². The Labute approximate surface area is 167 Å². The maximum Gasteiger partial charge on any atom is 0.241 e. The summed E-state index contributed by atoms with van der Waals surface area (Å²) >= 11 is 1.54. The van der Waals surface area contributed by atoms with E-state index in [1.54, 1.807) is 17.7 Å². The molecule has 4 rings (SSSR count).